The summed E-state index contributed by atoms with van der Waals surface area (Å²) in [6.45, 7) is 8.98. The predicted molar refractivity (Wildman–Crippen MR) is 136 cm³/mol. The van der Waals surface area contributed by atoms with Gasteiger partial charge in [-0.2, -0.15) is 0 Å². The fraction of sp³-hybridized carbons (Fsp3) is 0.481. The molecule has 2 N–H and O–H groups in total. The molecular weight excluding hydrogens is 432 g/mol. The van der Waals surface area contributed by atoms with Gasteiger partial charge in [-0.1, -0.05) is 38.8 Å². The fourth-order valence-electron chi connectivity index (χ4n) is 5.28. The molecule has 0 radical (unpaired) electrons. The van der Waals surface area contributed by atoms with Crippen LogP contribution in [0.1, 0.15) is 68.1 Å². The molecule has 33 heavy (non-hydrogen) atoms. The Morgan fingerprint density at radius 1 is 1.18 bits per heavy atom. The summed E-state index contributed by atoms with van der Waals surface area (Å²) in [6.07, 6.45) is 5.82. The van der Waals surface area contributed by atoms with E-state index in [1.165, 1.54) is 55.1 Å². The number of anilines is 1. The summed E-state index contributed by atoms with van der Waals surface area (Å²) in [7, 11) is 0. The van der Waals surface area contributed by atoms with Crippen LogP contribution in [0.5, 0.6) is 0 Å². The molecule has 2 aliphatic rings. The van der Waals surface area contributed by atoms with E-state index >= 15 is 0 Å². The van der Waals surface area contributed by atoms with Crippen molar-refractivity contribution >= 4 is 34.5 Å². The number of nitrogens with one attached hydrogen (secondary N) is 1. The molecule has 2 aromatic rings. The lowest BCUT2D eigenvalue weighted by Gasteiger charge is -2.36. The van der Waals surface area contributed by atoms with Gasteiger partial charge in [-0.05, 0) is 72.6 Å². The maximum Gasteiger partial charge on any atom is 0.346 e. The van der Waals surface area contributed by atoms with Crippen LogP contribution < -0.4 is 5.32 Å². The Hall–Kier alpha value is -2.44. The molecule has 0 unspecified atom stereocenters. The number of nitrogens with zero attached hydrogens (tertiary/aromatic N) is 1. The van der Waals surface area contributed by atoms with Gasteiger partial charge in [0.1, 0.15) is 4.88 Å². The number of likely N-dealkylation sites (N-methyl/N-ethyl adjacent to an activating group) is 1. The number of hydrogen-bond acceptors (Lipinski definition) is 4. The van der Waals surface area contributed by atoms with Gasteiger partial charge in [0.2, 0.25) is 5.91 Å². The number of carboxylic acid groups (broad SMARTS) is 1. The smallest absolute Gasteiger partial charge is 0.346 e. The molecule has 0 spiro atoms. The van der Waals surface area contributed by atoms with Crippen molar-refractivity contribution in [1.82, 2.24) is 4.90 Å². The molecule has 2 heterocycles. The molecule has 5 nitrogen and oxygen atoms in total. The molecule has 1 aliphatic carbocycles. The van der Waals surface area contributed by atoms with Crippen molar-refractivity contribution in [3.63, 3.8) is 0 Å². The molecule has 6 heteroatoms. The van der Waals surface area contributed by atoms with Crippen LogP contribution in [-0.2, 0) is 4.79 Å². The van der Waals surface area contributed by atoms with Crippen LogP contribution in [0.25, 0.3) is 16.0 Å². The number of hydrogen-bond donors (Lipinski definition) is 2. The van der Waals surface area contributed by atoms with E-state index < -0.39 is 5.97 Å². The minimum Gasteiger partial charge on any atom is -0.477 e. The minimum atomic E-state index is -0.860. The number of carboxylic acids is 1. The van der Waals surface area contributed by atoms with E-state index in [4.69, 9.17) is 0 Å². The molecule has 1 saturated carbocycles. The molecule has 4 rings (SSSR count). The van der Waals surface area contributed by atoms with Gasteiger partial charge >= 0.3 is 5.97 Å². The van der Waals surface area contributed by atoms with Crippen molar-refractivity contribution in [2.75, 3.05) is 25.0 Å². The first kappa shape index (κ1) is 23.7. The van der Waals surface area contributed by atoms with Crippen molar-refractivity contribution < 1.29 is 14.7 Å². The molecule has 0 bridgehead atoms. The lowest BCUT2D eigenvalue weighted by molar-refractivity contribution is -0.114. The topological polar surface area (TPSA) is 69.6 Å². The fourth-order valence-corrected chi connectivity index (χ4v) is 6.30. The van der Waals surface area contributed by atoms with Crippen LogP contribution >= 0.6 is 11.3 Å². The molecule has 1 amide bonds. The third kappa shape index (κ3) is 5.39. The second-order valence-corrected chi connectivity index (χ2v) is 10.6. The normalized spacial score (nSPS) is 21.8. The van der Waals surface area contributed by atoms with E-state index in [1.807, 2.05) is 24.3 Å². The van der Waals surface area contributed by atoms with Gasteiger partial charge in [-0.25, -0.2) is 4.79 Å². The predicted octanol–water partition coefficient (Wildman–Crippen LogP) is 6.38. The zero-order valence-electron chi connectivity index (χ0n) is 19.8. The van der Waals surface area contributed by atoms with Crippen molar-refractivity contribution in [3.05, 3.63) is 46.3 Å². The van der Waals surface area contributed by atoms with Gasteiger partial charge in [0.25, 0.3) is 0 Å². The number of thiophene rings is 1. The van der Waals surface area contributed by atoms with E-state index in [9.17, 15) is 14.7 Å². The van der Waals surface area contributed by atoms with Gasteiger partial charge in [0, 0.05) is 36.1 Å². The number of carbonyl (C=O) groups is 2. The summed E-state index contributed by atoms with van der Waals surface area (Å²) < 4.78 is 0. The first-order valence-corrected chi connectivity index (χ1v) is 12.9. The number of benzene rings is 1. The third-order valence-electron chi connectivity index (χ3n) is 7.13. The summed E-state index contributed by atoms with van der Waals surface area (Å²) in [5.41, 5.74) is 5.28. The second kappa shape index (κ2) is 10.2. The Balaban J connectivity index is 1.77. The number of carbonyl (C=O) groups excluding carboxylic acids is 1. The quantitative estimate of drug-likeness (QED) is 0.518. The lowest BCUT2D eigenvalue weighted by Crippen LogP contribution is -2.34. The van der Waals surface area contributed by atoms with Gasteiger partial charge in [-0.15, -0.1) is 11.3 Å². The van der Waals surface area contributed by atoms with Crippen LogP contribution in [0.3, 0.4) is 0 Å². The zero-order valence-corrected chi connectivity index (χ0v) is 20.6. The Labute approximate surface area is 200 Å². The van der Waals surface area contributed by atoms with Crippen molar-refractivity contribution in [1.29, 1.82) is 0 Å². The van der Waals surface area contributed by atoms with Crippen molar-refractivity contribution in [2.24, 2.45) is 11.8 Å². The summed E-state index contributed by atoms with van der Waals surface area (Å²) in [5.74, 6) is 0.360. The minimum absolute atomic E-state index is 0.121. The highest BCUT2D eigenvalue weighted by atomic mass is 32.1. The largest absolute Gasteiger partial charge is 0.477 e. The molecule has 0 atom stereocenters. The summed E-state index contributed by atoms with van der Waals surface area (Å²) in [6, 6.07) is 9.71. The average Bonchev–Trinajstić information content (AvgIpc) is 3.25. The number of rotatable bonds is 6. The van der Waals surface area contributed by atoms with E-state index in [-0.39, 0.29) is 5.91 Å². The Morgan fingerprint density at radius 2 is 1.94 bits per heavy atom. The highest BCUT2D eigenvalue weighted by Crippen LogP contribution is 2.43. The Morgan fingerprint density at radius 3 is 2.61 bits per heavy atom. The Kier molecular flexibility index (Phi) is 7.35. The van der Waals surface area contributed by atoms with Gasteiger partial charge in [0.05, 0.1) is 0 Å². The molecule has 176 valence electrons. The summed E-state index contributed by atoms with van der Waals surface area (Å²) >= 11 is 1.34. The second-order valence-electron chi connectivity index (χ2n) is 9.50. The van der Waals surface area contributed by atoms with E-state index in [0.717, 1.165) is 53.7 Å². The van der Waals surface area contributed by atoms with E-state index in [1.54, 1.807) is 0 Å². The maximum absolute atomic E-state index is 12.3. The average molecular weight is 467 g/mol. The maximum atomic E-state index is 12.3. The van der Waals surface area contributed by atoms with Crippen LogP contribution in [0.15, 0.2) is 35.9 Å². The molecule has 1 fully saturated rings. The first-order chi connectivity index (χ1) is 15.9. The Bertz CT molecular complexity index is 1060. The van der Waals surface area contributed by atoms with Crippen LogP contribution in [0, 0.1) is 11.8 Å². The first-order valence-electron chi connectivity index (χ1n) is 12.1. The number of aromatic carboxylic acids is 1. The van der Waals surface area contributed by atoms with Crippen LogP contribution in [0.2, 0.25) is 0 Å². The molecular formula is C27H34N2O3S. The van der Waals surface area contributed by atoms with Crippen molar-refractivity contribution in [2.45, 2.75) is 52.9 Å². The molecule has 0 saturated heterocycles. The number of amides is 1. The molecule has 1 aromatic heterocycles. The lowest BCUT2D eigenvalue weighted by atomic mass is 9.75. The molecule has 1 aliphatic heterocycles. The van der Waals surface area contributed by atoms with E-state index in [2.05, 4.69) is 30.1 Å². The highest BCUT2D eigenvalue weighted by molar-refractivity contribution is 7.17. The van der Waals surface area contributed by atoms with Crippen molar-refractivity contribution in [3.8, 4) is 10.4 Å². The van der Waals surface area contributed by atoms with Crippen LogP contribution in [0.4, 0.5) is 5.69 Å². The van der Waals surface area contributed by atoms with Gasteiger partial charge in [-0.3, -0.25) is 9.69 Å². The highest BCUT2D eigenvalue weighted by Gasteiger charge is 2.30. The van der Waals surface area contributed by atoms with E-state index in [0.29, 0.717) is 10.8 Å². The van der Waals surface area contributed by atoms with Gasteiger partial charge in [0.15, 0.2) is 0 Å². The van der Waals surface area contributed by atoms with Crippen LogP contribution in [-0.4, -0.2) is 41.5 Å². The molecule has 1 aromatic carbocycles. The third-order valence-corrected chi connectivity index (χ3v) is 8.31. The summed E-state index contributed by atoms with van der Waals surface area (Å²) in [5, 5.41) is 12.9. The summed E-state index contributed by atoms with van der Waals surface area (Å²) in [4.78, 5) is 27.6. The zero-order chi connectivity index (χ0) is 23.5. The SMILES string of the molecule is CCN1CCC(c2cc(-c3cccc(NC(C)=O)c3)sc2C(=O)O)=C(C2CCC(C)CC2)C1. The standard InChI is InChI=1S/C27H34N2O3S/c1-4-29-13-12-22(24(16-29)19-10-8-17(2)9-11-19)23-15-25(33-26(23)27(31)32)20-6-5-7-21(14-20)28-18(3)30/h5-7,14-15,17,19H,4,8-13,16H2,1-3H3,(H,28,30)(H,31,32). The van der Waals surface area contributed by atoms with Gasteiger partial charge < -0.3 is 10.4 Å². The monoisotopic (exact) mass is 466 g/mol.